The second kappa shape index (κ2) is 13.4. The van der Waals surface area contributed by atoms with E-state index >= 15 is 4.39 Å². The number of thioether (sulfide) groups is 1. The zero-order valence-electron chi connectivity index (χ0n) is 28.5. The van der Waals surface area contributed by atoms with Crippen LogP contribution in [0.15, 0.2) is 23.8 Å². The van der Waals surface area contributed by atoms with E-state index in [4.69, 9.17) is 0 Å². The van der Waals surface area contributed by atoms with Gasteiger partial charge in [-0.25, -0.2) is 9.18 Å². The van der Waals surface area contributed by atoms with E-state index in [0.717, 1.165) is 37.9 Å². The van der Waals surface area contributed by atoms with Crippen LogP contribution in [-0.2, 0) is 14.4 Å². The number of allylic oxidation sites excluding steroid dienone is 4. The largest absolute Gasteiger partial charge is 0.390 e. The first-order valence-electron chi connectivity index (χ1n) is 18.0. The number of fused-ring (bicyclic) bond motifs is 6. The van der Waals surface area contributed by atoms with Crippen LogP contribution in [0.3, 0.4) is 0 Å². The predicted octanol–water partition coefficient (Wildman–Crippen LogP) is 3.46. The van der Waals surface area contributed by atoms with Crippen molar-refractivity contribution in [3.05, 3.63) is 23.8 Å². The minimum absolute atomic E-state index is 0.0375. The number of carbonyl (C=O) groups excluding carboxylic acids is 4. The molecule has 0 unspecified atom stereocenters. The van der Waals surface area contributed by atoms with Crippen molar-refractivity contribution in [1.29, 1.82) is 0 Å². The van der Waals surface area contributed by atoms with E-state index in [9.17, 15) is 29.4 Å². The van der Waals surface area contributed by atoms with E-state index in [1.165, 1.54) is 12.2 Å². The van der Waals surface area contributed by atoms with E-state index in [2.05, 4.69) is 21.3 Å². The summed E-state index contributed by atoms with van der Waals surface area (Å²) in [5, 5.41) is 35.9. The molecule has 11 atom stereocenters. The fourth-order valence-electron chi connectivity index (χ4n) is 10.4. The molecule has 6 aliphatic rings. The van der Waals surface area contributed by atoms with Crippen molar-refractivity contribution in [3.63, 3.8) is 0 Å². The van der Waals surface area contributed by atoms with Crippen LogP contribution in [0.25, 0.3) is 0 Å². The lowest BCUT2D eigenvalue weighted by atomic mass is 9.44. The molecule has 0 bridgehead atoms. The van der Waals surface area contributed by atoms with Crippen LogP contribution in [0.4, 0.5) is 9.18 Å². The molecule has 2 aliphatic heterocycles. The molecule has 2 heterocycles. The molecule has 0 radical (unpaired) electrons. The molecule has 0 aromatic heterocycles. The third kappa shape index (κ3) is 5.71. The van der Waals surface area contributed by atoms with E-state index in [-0.39, 0.29) is 42.1 Å². The number of unbranched alkanes of at least 4 members (excludes halogenated alkanes) is 3. The molecule has 4 aliphatic carbocycles. The van der Waals surface area contributed by atoms with E-state index < -0.39 is 45.9 Å². The Balaban J connectivity index is 0.924. The van der Waals surface area contributed by atoms with E-state index in [1.807, 2.05) is 25.6 Å². The molecule has 0 spiro atoms. The van der Waals surface area contributed by atoms with Gasteiger partial charge in [0.25, 0.3) is 5.91 Å². The van der Waals surface area contributed by atoms with Gasteiger partial charge in [0.2, 0.25) is 5.91 Å². The number of halogens is 1. The zero-order valence-corrected chi connectivity index (χ0v) is 29.3. The Morgan fingerprint density at radius 1 is 1.06 bits per heavy atom. The number of alkyl halides is 1. The highest BCUT2D eigenvalue weighted by atomic mass is 32.2. The van der Waals surface area contributed by atoms with Crippen LogP contribution in [0.5, 0.6) is 0 Å². The zero-order chi connectivity index (χ0) is 34.5. The smallest absolute Gasteiger partial charge is 0.315 e. The molecule has 10 nitrogen and oxygen atoms in total. The Labute approximate surface area is 287 Å². The molecule has 0 aromatic carbocycles. The number of hydrogen-bond donors (Lipinski definition) is 6. The number of urea groups is 1. The molecule has 6 rings (SSSR count). The van der Waals surface area contributed by atoms with Crippen molar-refractivity contribution >= 4 is 35.4 Å². The summed E-state index contributed by atoms with van der Waals surface area (Å²) in [6, 6.07) is 0.333. The molecule has 4 amide bonds. The number of ketones is 1. The highest BCUT2D eigenvalue weighted by Crippen LogP contribution is 2.70. The fraction of sp³-hybridized carbons (Fsp3) is 0.778. The number of hydrogen-bond acceptors (Lipinski definition) is 7. The van der Waals surface area contributed by atoms with Gasteiger partial charge in [-0.1, -0.05) is 31.9 Å². The van der Waals surface area contributed by atoms with Gasteiger partial charge >= 0.3 is 6.03 Å². The Morgan fingerprint density at radius 3 is 2.58 bits per heavy atom. The first kappa shape index (κ1) is 35.4. The van der Waals surface area contributed by atoms with Crippen LogP contribution in [-0.4, -0.2) is 87.4 Å². The number of amides is 4. The molecule has 12 heteroatoms. The SMILES string of the molecule is C[C@@H]1C[C@H]2[C@@H]3CCC4=CC(=O)C=C[C@]4(C)[C@@]3(F)[C@@H](O)C[C@]2(C)[C@@]1(O)C(=O)NCCCCCNC(=O)CCCC[C@@H]1SC[C@@H]2NC(=O)N[C@@H]21. The Hall–Kier alpha value is -2.44. The normalized spacial score (nSPS) is 42.5. The summed E-state index contributed by atoms with van der Waals surface area (Å²) >= 11 is 1.88. The molecular weight excluding hydrogens is 635 g/mol. The summed E-state index contributed by atoms with van der Waals surface area (Å²) in [5.74, 6) is -0.925. The lowest BCUT2D eigenvalue weighted by Gasteiger charge is -2.62. The number of nitrogens with one attached hydrogen (secondary N) is 4. The number of rotatable bonds is 12. The van der Waals surface area contributed by atoms with Crippen molar-refractivity contribution in [1.82, 2.24) is 21.3 Å². The summed E-state index contributed by atoms with van der Waals surface area (Å²) in [6.07, 6.45) is 10.1. The predicted molar refractivity (Wildman–Crippen MR) is 182 cm³/mol. The van der Waals surface area contributed by atoms with Crippen molar-refractivity contribution in [2.75, 3.05) is 18.8 Å². The van der Waals surface area contributed by atoms with Gasteiger partial charge in [-0.3, -0.25) is 14.4 Å². The van der Waals surface area contributed by atoms with Gasteiger partial charge in [0.1, 0.15) is 0 Å². The van der Waals surface area contributed by atoms with Gasteiger partial charge in [0.05, 0.1) is 18.2 Å². The molecule has 2 saturated heterocycles. The van der Waals surface area contributed by atoms with Crippen molar-refractivity contribution in [2.45, 2.75) is 126 Å². The third-order valence-corrected chi connectivity index (χ3v) is 14.6. The van der Waals surface area contributed by atoms with Gasteiger partial charge in [-0.15, -0.1) is 0 Å². The topological polar surface area (TPSA) is 157 Å². The average Bonchev–Trinajstić information content (AvgIpc) is 3.66. The maximum absolute atomic E-state index is 17.4. The Kier molecular flexibility index (Phi) is 9.85. The third-order valence-electron chi connectivity index (χ3n) is 13.1. The lowest BCUT2D eigenvalue weighted by molar-refractivity contribution is -0.219. The minimum atomic E-state index is -2.00. The highest BCUT2D eigenvalue weighted by molar-refractivity contribution is 8.00. The minimum Gasteiger partial charge on any atom is -0.390 e. The number of aliphatic hydroxyl groups excluding tert-OH is 1. The quantitative estimate of drug-likeness (QED) is 0.136. The van der Waals surface area contributed by atoms with Crippen LogP contribution in [0.1, 0.15) is 91.4 Å². The summed E-state index contributed by atoms with van der Waals surface area (Å²) < 4.78 is 17.4. The van der Waals surface area contributed by atoms with Crippen LogP contribution in [0, 0.1) is 28.6 Å². The first-order valence-corrected chi connectivity index (χ1v) is 19.1. The fourth-order valence-corrected chi connectivity index (χ4v) is 11.9. The summed E-state index contributed by atoms with van der Waals surface area (Å²) in [6.45, 7) is 6.41. The van der Waals surface area contributed by atoms with Gasteiger partial charge in [0, 0.05) is 47.3 Å². The molecule has 6 N–H and O–H groups in total. The number of carbonyl (C=O) groups is 4. The molecule has 266 valence electrons. The van der Waals surface area contributed by atoms with Crippen LogP contribution >= 0.6 is 11.8 Å². The van der Waals surface area contributed by atoms with E-state index in [0.29, 0.717) is 56.0 Å². The van der Waals surface area contributed by atoms with Crippen LogP contribution < -0.4 is 21.3 Å². The van der Waals surface area contributed by atoms with Crippen molar-refractivity contribution in [3.8, 4) is 0 Å². The van der Waals surface area contributed by atoms with Gasteiger partial charge in [0.15, 0.2) is 17.1 Å². The molecule has 3 saturated carbocycles. The molecular formula is C36H53FN4O6S. The summed E-state index contributed by atoms with van der Waals surface area (Å²) in [7, 11) is 0. The molecule has 5 fully saturated rings. The second-order valence-electron chi connectivity index (χ2n) is 15.7. The average molecular weight is 689 g/mol. The maximum atomic E-state index is 17.4. The Morgan fingerprint density at radius 2 is 1.81 bits per heavy atom. The van der Waals surface area contributed by atoms with Crippen molar-refractivity contribution in [2.24, 2.45) is 28.6 Å². The van der Waals surface area contributed by atoms with Crippen molar-refractivity contribution < 1.29 is 33.8 Å². The number of aliphatic hydroxyl groups is 2. The van der Waals surface area contributed by atoms with Gasteiger partial charge in [-0.05, 0) is 88.7 Å². The molecule has 0 aromatic rings. The van der Waals surface area contributed by atoms with Gasteiger partial charge < -0.3 is 31.5 Å². The Bertz CT molecular complexity index is 1380. The second-order valence-corrected chi connectivity index (χ2v) is 17.0. The van der Waals surface area contributed by atoms with E-state index in [1.54, 1.807) is 13.0 Å². The standard InChI is InChI=1S/C36H53FN4O6S/c1-21-17-25-24-12-11-22-18-23(42)13-14-33(22,2)35(24,37)28(43)19-34(25,3)36(21,47)31(45)39-16-8-4-7-15-38-29(44)10-6-5-9-27-30-26(20-48-27)40-32(46)41-30/h13-14,18,21,24-28,30,43,47H,4-12,15-17,19-20H2,1-3H3,(H,38,44)(H,39,45)(H2,40,41,46)/t21-,24+,25+,26+,27+,28+,30+,33+,34+,35+,36+/m1/s1. The maximum Gasteiger partial charge on any atom is 0.315 e. The van der Waals surface area contributed by atoms with Gasteiger partial charge in [-0.2, -0.15) is 11.8 Å². The summed E-state index contributed by atoms with van der Waals surface area (Å²) in [4.78, 5) is 49.6. The summed E-state index contributed by atoms with van der Waals surface area (Å²) in [5.41, 5.74) is -5.15. The highest BCUT2D eigenvalue weighted by Gasteiger charge is 2.75. The monoisotopic (exact) mass is 688 g/mol. The lowest BCUT2D eigenvalue weighted by Crippen LogP contribution is -2.70. The molecule has 48 heavy (non-hydrogen) atoms. The first-order chi connectivity index (χ1) is 22.8. The van der Waals surface area contributed by atoms with Crippen LogP contribution in [0.2, 0.25) is 0 Å².